The van der Waals surface area contributed by atoms with Gasteiger partial charge in [-0.1, -0.05) is 24.2 Å². The van der Waals surface area contributed by atoms with Gasteiger partial charge in [0.05, 0.1) is 16.7 Å². The topological polar surface area (TPSA) is 90.5 Å². The lowest BCUT2D eigenvalue weighted by atomic mass is 9.72. The minimum atomic E-state index is -4.58. The van der Waals surface area contributed by atoms with Crippen molar-refractivity contribution in [3.05, 3.63) is 53.5 Å². The van der Waals surface area contributed by atoms with Crippen LogP contribution in [0.15, 0.2) is 37.1 Å². The fourth-order valence-electron chi connectivity index (χ4n) is 7.44. The van der Waals surface area contributed by atoms with Crippen molar-refractivity contribution in [2.75, 3.05) is 57.8 Å². The van der Waals surface area contributed by atoms with E-state index < -0.39 is 12.8 Å². The van der Waals surface area contributed by atoms with Gasteiger partial charge in [-0.15, -0.1) is 0 Å². The predicted molar refractivity (Wildman–Crippen MR) is 176 cm³/mol. The molecule has 0 unspecified atom stereocenters. The van der Waals surface area contributed by atoms with E-state index in [1.807, 2.05) is 24.0 Å². The quantitative estimate of drug-likeness (QED) is 0.235. The number of nitrogens with zero attached hydrogens (tertiary/aromatic N) is 6. The molecule has 0 bridgehead atoms. The Morgan fingerprint density at radius 1 is 1.13 bits per heavy atom. The number of ether oxygens (including phenoxy) is 1. The lowest BCUT2D eigenvalue weighted by molar-refractivity contribution is -0.153. The van der Waals surface area contributed by atoms with Gasteiger partial charge in [0.15, 0.2) is 12.4 Å². The minimum absolute atomic E-state index is 0.00879. The standard InChI is InChI=1S/C34H37ClF3N7O2/c1-4-26(46)45-17-33(18-45)9-13-44(14-10-33)32-22-15-24(35)28(27-20(2)5-6-25-23(27)16-39-42-25)30(47-19-34(36,37)38)29(22)40-31(41-32)21-7-11-43(3)12-8-21/h4-6,15-16,21H,1,7-14,17-19H2,2-3H3,(H,39,42). The molecule has 4 aromatic rings. The van der Waals surface area contributed by atoms with Crippen molar-refractivity contribution >= 4 is 45.1 Å². The number of aromatic amines is 1. The predicted octanol–water partition coefficient (Wildman–Crippen LogP) is 6.50. The number of H-pyrrole nitrogens is 1. The summed E-state index contributed by atoms with van der Waals surface area (Å²) in [6.07, 6.45) is 1.80. The Kier molecular flexibility index (Phi) is 8.07. The molecule has 0 atom stereocenters. The highest BCUT2D eigenvalue weighted by atomic mass is 35.5. The second-order valence-electron chi connectivity index (χ2n) is 13.3. The molecule has 248 valence electrons. The average Bonchev–Trinajstić information content (AvgIpc) is 3.51. The fraction of sp³-hybridized carbons (Fsp3) is 0.471. The van der Waals surface area contributed by atoms with E-state index in [0.717, 1.165) is 55.2 Å². The summed E-state index contributed by atoms with van der Waals surface area (Å²) in [6.45, 7) is 8.50. The summed E-state index contributed by atoms with van der Waals surface area (Å²) < 4.78 is 47.1. The Bertz CT molecular complexity index is 1850. The normalized spacial score (nSPS) is 19.0. The molecule has 9 nitrogen and oxygen atoms in total. The summed E-state index contributed by atoms with van der Waals surface area (Å²) in [7, 11) is 2.08. The molecule has 1 N–H and O–H groups in total. The molecule has 5 heterocycles. The number of alkyl halides is 3. The number of carbonyl (C=O) groups excluding carboxylic acids is 1. The highest BCUT2D eigenvalue weighted by molar-refractivity contribution is 6.35. The Balaban J connectivity index is 1.38. The van der Waals surface area contributed by atoms with Crippen molar-refractivity contribution in [3.63, 3.8) is 0 Å². The van der Waals surface area contributed by atoms with Gasteiger partial charge in [-0.3, -0.25) is 9.89 Å². The third kappa shape index (κ3) is 5.90. The average molecular weight is 668 g/mol. The summed E-state index contributed by atoms with van der Waals surface area (Å²) in [4.78, 5) is 28.5. The number of fused-ring (bicyclic) bond motifs is 2. The van der Waals surface area contributed by atoms with Crippen LogP contribution in [0.5, 0.6) is 5.75 Å². The molecule has 0 radical (unpaired) electrons. The van der Waals surface area contributed by atoms with Crippen molar-refractivity contribution in [2.24, 2.45) is 5.41 Å². The van der Waals surface area contributed by atoms with Crippen molar-refractivity contribution in [1.29, 1.82) is 0 Å². The number of carbonyl (C=O) groups is 1. The van der Waals surface area contributed by atoms with Crippen LogP contribution in [-0.4, -0.2) is 95.0 Å². The second-order valence-corrected chi connectivity index (χ2v) is 13.7. The fourth-order valence-corrected chi connectivity index (χ4v) is 7.73. The van der Waals surface area contributed by atoms with Gasteiger partial charge >= 0.3 is 6.18 Å². The molecule has 2 aromatic carbocycles. The number of hydrogen-bond donors (Lipinski definition) is 1. The van der Waals surface area contributed by atoms with Crippen LogP contribution in [0.25, 0.3) is 32.9 Å². The molecule has 3 aliphatic heterocycles. The summed E-state index contributed by atoms with van der Waals surface area (Å²) in [6, 6.07) is 5.53. The molecule has 0 aliphatic carbocycles. The molecule has 7 rings (SSSR count). The van der Waals surface area contributed by atoms with Gasteiger partial charge in [-0.2, -0.15) is 18.3 Å². The van der Waals surface area contributed by atoms with Crippen molar-refractivity contribution in [2.45, 2.75) is 44.7 Å². The minimum Gasteiger partial charge on any atom is -0.481 e. The van der Waals surface area contributed by atoms with E-state index in [1.165, 1.54) is 6.08 Å². The molecular weight excluding hydrogens is 631 g/mol. The van der Waals surface area contributed by atoms with Crippen molar-refractivity contribution in [1.82, 2.24) is 30.0 Å². The maximum absolute atomic E-state index is 13.8. The number of amides is 1. The van der Waals surface area contributed by atoms with E-state index in [1.54, 1.807) is 12.3 Å². The molecule has 3 aliphatic rings. The van der Waals surface area contributed by atoms with Gasteiger partial charge < -0.3 is 19.4 Å². The van der Waals surface area contributed by atoms with Crippen LogP contribution < -0.4 is 9.64 Å². The summed E-state index contributed by atoms with van der Waals surface area (Å²) in [5, 5.41) is 8.65. The smallest absolute Gasteiger partial charge is 0.422 e. The summed E-state index contributed by atoms with van der Waals surface area (Å²) in [5.41, 5.74) is 2.90. The molecule has 0 saturated carbocycles. The number of likely N-dealkylation sites (tertiary alicyclic amines) is 2. The van der Waals surface area contributed by atoms with Gasteiger partial charge in [0, 0.05) is 59.4 Å². The zero-order chi connectivity index (χ0) is 33.1. The van der Waals surface area contributed by atoms with Crippen LogP contribution in [0, 0.1) is 12.3 Å². The summed E-state index contributed by atoms with van der Waals surface area (Å²) in [5.74, 6) is 1.24. The molecule has 3 fully saturated rings. The number of hydrogen-bond acceptors (Lipinski definition) is 7. The van der Waals surface area contributed by atoms with E-state index >= 15 is 0 Å². The summed E-state index contributed by atoms with van der Waals surface area (Å²) >= 11 is 7.07. The van der Waals surface area contributed by atoms with Gasteiger partial charge in [0.2, 0.25) is 5.91 Å². The molecule has 3 saturated heterocycles. The first-order chi connectivity index (χ1) is 22.4. The maximum Gasteiger partial charge on any atom is 0.422 e. The van der Waals surface area contributed by atoms with Gasteiger partial charge in [0.1, 0.15) is 17.2 Å². The number of benzene rings is 2. The first-order valence-electron chi connectivity index (χ1n) is 16.0. The highest BCUT2D eigenvalue weighted by Gasteiger charge is 2.46. The molecule has 1 amide bonds. The van der Waals surface area contributed by atoms with Crippen molar-refractivity contribution in [3.8, 4) is 16.9 Å². The van der Waals surface area contributed by atoms with Crippen LogP contribution in [0.1, 0.15) is 43.0 Å². The van der Waals surface area contributed by atoms with E-state index in [0.29, 0.717) is 59.9 Å². The first-order valence-corrected chi connectivity index (χ1v) is 16.3. The van der Waals surface area contributed by atoms with E-state index in [-0.39, 0.29) is 28.0 Å². The third-order valence-corrected chi connectivity index (χ3v) is 10.4. The van der Waals surface area contributed by atoms with Crippen LogP contribution in [-0.2, 0) is 4.79 Å². The number of rotatable bonds is 6. The van der Waals surface area contributed by atoms with Gasteiger partial charge in [-0.25, -0.2) is 9.97 Å². The second kappa shape index (κ2) is 12.0. The Hall–Kier alpha value is -3.90. The number of aryl methyl sites for hydroxylation is 1. The van der Waals surface area contributed by atoms with Crippen LogP contribution in [0.3, 0.4) is 0 Å². The van der Waals surface area contributed by atoms with E-state index in [9.17, 15) is 18.0 Å². The van der Waals surface area contributed by atoms with Crippen LogP contribution in [0.2, 0.25) is 5.02 Å². The lowest BCUT2D eigenvalue weighted by Crippen LogP contribution is -2.61. The SMILES string of the molecule is C=CC(=O)N1CC2(CCN(c3nc(C4CCN(C)CC4)nc4c(OCC(F)(F)F)c(-c5c(C)ccc6[nH]ncc56)c(Cl)cc34)CC2)C1. The van der Waals surface area contributed by atoms with E-state index in [4.69, 9.17) is 26.3 Å². The number of nitrogens with one attached hydrogen (secondary N) is 1. The van der Waals surface area contributed by atoms with Crippen molar-refractivity contribution < 1.29 is 22.7 Å². The molecular formula is C34H37ClF3N7O2. The Labute approximate surface area is 275 Å². The van der Waals surface area contributed by atoms with Gasteiger partial charge in [0.25, 0.3) is 0 Å². The number of aromatic nitrogens is 4. The van der Waals surface area contributed by atoms with E-state index in [2.05, 4.69) is 33.6 Å². The molecule has 1 spiro atoms. The number of piperidine rings is 2. The maximum atomic E-state index is 13.8. The van der Waals surface area contributed by atoms with Crippen LogP contribution >= 0.6 is 11.6 Å². The van der Waals surface area contributed by atoms with Crippen LogP contribution in [0.4, 0.5) is 19.0 Å². The Morgan fingerprint density at radius 3 is 2.53 bits per heavy atom. The molecule has 2 aromatic heterocycles. The largest absolute Gasteiger partial charge is 0.481 e. The third-order valence-electron chi connectivity index (χ3n) is 10.1. The highest BCUT2D eigenvalue weighted by Crippen LogP contribution is 2.49. The molecule has 13 heteroatoms. The number of halogens is 4. The Morgan fingerprint density at radius 2 is 1.85 bits per heavy atom. The number of anilines is 1. The monoisotopic (exact) mass is 667 g/mol. The lowest BCUT2D eigenvalue weighted by Gasteiger charge is -2.54. The zero-order valence-electron chi connectivity index (χ0n) is 26.5. The zero-order valence-corrected chi connectivity index (χ0v) is 27.2. The first kappa shape index (κ1) is 31.7. The van der Waals surface area contributed by atoms with Gasteiger partial charge in [-0.05, 0) is 76.5 Å². The molecule has 47 heavy (non-hydrogen) atoms.